The molecule has 0 spiro atoms. The molecule has 0 heterocycles. The SMILES string of the molecule is CNC(Cc1cccc(OC)c1)c1c(F)cc(Br)cc1F. The summed E-state index contributed by atoms with van der Waals surface area (Å²) < 4.78 is 33.7. The van der Waals surface area contributed by atoms with Crippen molar-refractivity contribution in [2.45, 2.75) is 12.5 Å². The standard InChI is InChI=1S/C16H16BrF2NO/c1-20-15(7-10-4-3-5-12(6-10)21-2)16-13(18)8-11(17)9-14(16)19/h3-6,8-9,15,20H,7H2,1-2H3. The van der Waals surface area contributed by atoms with Gasteiger partial charge < -0.3 is 10.1 Å². The lowest BCUT2D eigenvalue weighted by Crippen LogP contribution is -2.21. The average Bonchev–Trinajstić information content (AvgIpc) is 2.45. The van der Waals surface area contributed by atoms with E-state index in [9.17, 15) is 8.78 Å². The van der Waals surface area contributed by atoms with Crippen LogP contribution in [0.1, 0.15) is 17.2 Å². The molecule has 2 nitrogen and oxygen atoms in total. The molecule has 5 heteroatoms. The molecular weight excluding hydrogens is 340 g/mol. The largest absolute Gasteiger partial charge is 0.497 e. The minimum atomic E-state index is -0.566. The van der Waals surface area contributed by atoms with Crippen LogP contribution in [0.15, 0.2) is 40.9 Å². The fraction of sp³-hybridized carbons (Fsp3) is 0.250. The van der Waals surface area contributed by atoms with Crippen LogP contribution in [0, 0.1) is 11.6 Å². The third kappa shape index (κ3) is 3.80. The first kappa shape index (κ1) is 15.9. The van der Waals surface area contributed by atoms with Crippen molar-refractivity contribution < 1.29 is 13.5 Å². The quantitative estimate of drug-likeness (QED) is 0.865. The van der Waals surface area contributed by atoms with Crippen molar-refractivity contribution in [3.8, 4) is 5.75 Å². The van der Waals surface area contributed by atoms with Crippen molar-refractivity contribution in [3.05, 3.63) is 63.6 Å². The maximum absolute atomic E-state index is 14.1. The van der Waals surface area contributed by atoms with Gasteiger partial charge >= 0.3 is 0 Å². The third-order valence-electron chi connectivity index (χ3n) is 3.31. The molecule has 2 rings (SSSR count). The normalized spacial score (nSPS) is 12.2. The van der Waals surface area contributed by atoms with E-state index in [4.69, 9.17) is 4.74 Å². The predicted molar refractivity (Wildman–Crippen MR) is 82.6 cm³/mol. The molecule has 0 bridgehead atoms. The maximum atomic E-state index is 14.1. The number of hydrogen-bond acceptors (Lipinski definition) is 2. The molecule has 0 saturated carbocycles. The molecule has 2 aromatic rings. The minimum Gasteiger partial charge on any atom is -0.497 e. The molecule has 2 aromatic carbocycles. The first-order valence-electron chi connectivity index (χ1n) is 6.49. The van der Waals surface area contributed by atoms with E-state index in [1.165, 1.54) is 12.1 Å². The minimum absolute atomic E-state index is 0.0449. The lowest BCUT2D eigenvalue weighted by atomic mass is 9.98. The molecule has 0 aliphatic carbocycles. The maximum Gasteiger partial charge on any atom is 0.132 e. The Labute approximate surface area is 131 Å². The molecule has 0 aliphatic rings. The van der Waals surface area contributed by atoms with Crippen molar-refractivity contribution in [1.82, 2.24) is 5.32 Å². The van der Waals surface area contributed by atoms with Gasteiger partial charge in [0.05, 0.1) is 7.11 Å². The van der Waals surface area contributed by atoms with Crippen LogP contribution in [0.5, 0.6) is 5.75 Å². The van der Waals surface area contributed by atoms with Gasteiger partial charge in [0.1, 0.15) is 17.4 Å². The third-order valence-corrected chi connectivity index (χ3v) is 3.77. The Kier molecular flexibility index (Phi) is 5.31. The second-order valence-corrected chi connectivity index (χ2v) is 5.60. The zero-order valence-corrected chi connectivity index (χ0v) is 13.4. The molecule has 1 atom stereocenters. The Hall–Kier alpha value is -1.46. The van der Waals surface area contributed by atoms with Crippen LogP contribution in [0.25, 0.3) is 0 Å². The summed E-state index contributed by atoms with van der Waals surface area (Å²) in [7, 11) is 3.27. The molecule has 21 heavy (non-hydrogen) atoms. The van der Waals surface area contributed by atoms with E-state index < -0.39 is 17.7 Å². The van der Waals surface area contributed by atoms with Crippen LogP contribution in [-0.4, -0.2) is 14.2 Å². The van der Waals surface area contributed by atoms with Gasteiger partial charge in [-0.3, -0.25) is 0 Å². The predicted octanol–water partition coefficient (Wildman–Crippen LogP) is 4.24. The van der Waals surface area contributed by atoms with Gasteiger partial charge in [-0.2, -0.15) is 0 Å². The Bertz CT molecular complexity index is 610. The number of nitrogens with one attached hydrogen (secondary N) is 1. The summed E-state index contributed by atoms with van der Waals surface area (Å²) in [4.78, 5) is 0. The van der Waals surface area contributed by atoms with Crippen LogP contribution in [0.4, 0.5) is 8.78 Å². The summed E-state index contributed by atoms with van der Waals surface area (Å²) in [6.45, 7) is 0. The Balaban J connectivity index is 2.32. The Morgan fingerprint density at radius 3 is 2.43 bits per heavy atom. The van der Waals surface area contributed by atoms with Gasteiger partial charge in [0.15, 0.2) is 0 Å². The molecule has 0 fully saturated rings. The second-order valence-electron chi connectivity index (χ2n) is 4.68. The molecule has 0 aliphatic heterocycles. The van der Waals surface area contributed by atoms with Crippen molar-refractivity contribution >= 4 is 15.9 Å². The van der Waals surface area contributed by atoms with Crippen LogP contribution in [-0.2, 0) is 6.42 Å². The van der Waals surface area contributed by atoms with Crippen LogP contribution in [0.3, 0.4) is 0 Å². The molecule has 1 unspecified atom stereocenters. The van der Waals surface area contributed by atoms with Crippen LogP contribution in [0.2, 0.25) is 0 Å². The molecule has 0 amide bonds. The number of halogens is 3. The smallest absolute Gasteiger partial charge is 0.132 e. The first-order valence-corrected chi connectivity index (χ1v) is 7.29. The van der Waals surface area contributed by atoms with Crippen molar-refractivity contribution in [2.75, 3.05) is 14.2 Å². The fourth-order valence-electron chi connectivity index (χ4n) is 2.27. The van der Waals surface area contributed by atoms with E-state index in [0.717, 1.165) is 11.3 Å². The van der Waals surface area contributed by atoms with Gasteiger partial charge in [-0.15, -0.1) is 0 Å². The number of rotatable bonds is 5. The number of methoxy groups -OCH3 is 1. The van der Waals surface area contributed by atoms with E-state index >= 15 is 0 Å². The van der Waals surface area contributed by atoms with Gasteiger partial charge in [-0.05, 0) is 43.3 Å². The van der Waals surface area contributed by atoms with Gasteiger partial charge in [0.25, 0.3) is 0 Å². The van der Waals surface area contributed by atoms with Gasteiger partial charge in [-0.1, -0.05) is 28.1 Å². The van der Waals surface area contributed by atoms with Gasteiger partial charge in [0, 0.05) is 16.1 Å². The number of likely N-dealkylation sites (N-methyl/N-ethyl adjacent to an activating group) is 1. The average molecular weight is 356 g/mol. The zero-order valence-electron chi connectivity index (χ0n) is 11.8. The van der Waals surface area contributed by atoms with Crippen molar-refractivity contribution in [3.63, 3.8) is 0 Å². The summed E-state index contributed by atoms with van der Waals surface area (Å²) >= 11 is 3.09. The molecule has 0 aromatic heterocycles. The summed E-state index contributed by atoms with van der Waals surface area (Å²) in [6, 6.07) is 9.54. The number of hydrogen-bond donors (Lipinski definition) is 1. The highest BCUT2D eigenvalue weighted by molar-refractivity contribution is 9.10. The summed E-state index contributed by atoms with van der Waals surface area (Å²) in [6.07, 6.45) is 0.461. The molecule has 1 N–H and O–H groups in total. The van der Waals surface area contributed by atoms with Crippen molar-refractivity contribution in [1.29, 1.82) is 0 Å². The van der Waals surface area contributed by atoms with E-state index in [1.54, 1.807) is 14.2 Å². The first-order chi connectivity index (χ1) is 10.0. The Morgan fingerprint density at radius 2 is 1.86 bits per heavy atom. The topological polar surface area (TPSA) is 21.3 Å². The molecular formula is C16H16BrF2NO. The lowest BCUT2D eigenvalue weighted by molar-refractivity contribution is 0.413. The highest BCUT2D eigenvalue weighted by atomic mass is 79.9. The van der Waals surface area contributed by atoms with E-state index in [-0.39, 0.29) is 5.56 Å². The number of benzene rings is 2. The van der Waals surface area contributed by atoms with Crippen molar-refractivity contribution in [2.24, 2.45) is 0 Å². The highest BCUT2D eigenvalue weighted by Gasteiger charge is 2.20. The van der Waals surface area contributed by atoms with Crippen LogP contribution >= 0.6 is 15.9 Å². The van der Waals surface area contributed by atoms with E-state index in [0.29, 0.717) is 10.9 Å². The summed E-state index contributed by atoms with van der Waals surface area (Å²) in [5, 5.41) is 2.97. The summed E-state index contributed by atoms with van der Waals surface area (Å²) in [5.74, 6) is -0.410. The molecule has 112 valence electrons. The number of ether oxygens (including phenoxy) is 1. The van der Waals surface area contributed by atoms with Gasteiger partial charge in [0.2, 0.25) is 0 Å². The van der Waals surface area contributed by atoms with Gasteiger partial charge in [-0.25, -0.2) is 8.78 Å². The Morgan fingerprint density at radius 1 is 1.19 bits per heavy atom. The molecule has 0 radical (unpaired) electrons. The zero-order chi connectivity index (χ0) is 15.4. The van der Waals surface area contributed by atoms with Crippen LogP contribution < -0.4 is 10.1 Å². The summed E-state index contributed by atoms with van der Waals surface area (Å²) in [5.41, 5.74) is 0.985. The lowest BCUT2D eigenvalue weighted by Gasteiger charge is -2.19. The molecule has 0 saturated heterocycles. The second kappa shape index (κ2) is 7.00. The monoisotopic (exact) mass is 355 g/mol. The fourth-order valence-corrected chi connectivity index (χ4v) is 2.67. The van der Waals surface area contributed by atoms with E-state index in [1.807, 2.05) is 24.3 Å². The van der Waals surface area contributed by atoms with E-state index in [2.05, 4.69) is 21.2 Å². The highest BCUT2D eigenvalue weighted by Crippen LogP contribution is 2.27.